The van der Waals surface area contributed by atoms with Crippen molar-refractivity contribution in [2.45, 2.75) is 25.8 Å². The van der Waals surface area contributed by atoms with Crippen LogP contribution in [0.15, 0.2) is 22.9 Å². The van der Waals surface area contributed by atoms with Crippen LogP contribution in [0.1, 0.15) is 28.0 Å². The predicted molar refractivity (Wildman–Crippen MR) is 84.5 cm³/mol. The lowest BCUT2D eigenvalue weighted by atomic mass is 10.1. The lowest BCUT2D eigenvalue weighted by Crippen LogP contribution is -2.29. The number of rotatable bonds is 6. The first-order chi connectivity index (χ1) is 9.81. The number of nitrogens with zero attached hydrogens (tertiary/aromatic N) is 1. The largest absolute Gasteiger partial charge is 0.381 e. The maximum absolute atomic E-state index is 5.45. The molecule has 2 aromatic rings. The van der Waals surface area contributed by atoms with E-state index in [1.807, 2.05) is 11.3 Å². The molecule has 0 aliphatic carbocycles. The van der Waals surface area contributed by atoms with E-state index >= 15 is 0 Å². The molecule has 1 aliphatic heterocycles. The van der Waals surface area contributed by atoms with Crippen LogP contribution in [0, 0.1) is 12.8 Å². The lowest BCUT2D eigenvalue weighted by Gasteiger charge is -2.18. The van der Waals surface area contributed by atoms with E-state index in [-0.39, 0.29) is 0 Å². The highest BCUT2D eigenvalue weighted by Crippen LogP contribution is 2.25. The number of hydrogen-bond donors (Lipinski definition) is 1. The summed E-state index contributed by atoms with van der Waals surface area (Å²) in [4.78, 5) is 6.08. The Balaban J connectivity index is 1.65. The summed E-state index contributed by atoms with van der Waals surface area (Å²) in [6, 6.07) is 4.65. The Hall–Kier alpha value is -0.750. The predicted octanol–water partition coefficient (Wildman–Crippen LogP) is 3.42. The molecular weight excluding hydrogens is 288 g/mol. The summed E-state index contributed by atoms with van der Waals surface area (Å²) in [5.74, 6) is 0.655. The van der Waals surface area contributed by atoms with E-state index in [4.69, 9.17) is 4.74 Å². The summed E-state index contributed by atoms with van der Waals surface area (Å²) < 4.78 is 5.45. The molecule has 3 nitrogen and oxygen atoms in total. The van der Waals surface area contributed by atoms with E-state index in [9.17, 15) is 0 Å². The van der Waals surface area contributed by atoms with Crippen LogP contribution in [-0.4, -0.2) is 24.7 Å². The molecule has 0 saturated carbocycles. The van der Waals surface area contributed by atoms with Crippen LogP contribution in [-0.2, 0) is 11.2 Å². The molecule has 0 amide bonds. The van der Waals surface area contributed by atoms with Crippen molar-refractivity contribution in [2.24, 2.45) is 5.92 Å². The Bertz CT molecular complexity index is 518. The van der Waals surface area contributed by atoms with Crippen LogP contribution < -0.4 is 5.32 Å². The second-order valence-corrected chi connectivity index (χ2v) is 7.22. The average Bonchev–Trinajstić information content (AvgIpc) is 3.17. The van der Waals surface area contributed by atoms with Crippen molar-refractivity contribution in [3.05, 3.63) is 38.5 Å². The van der Waals surface area contributed by atoms with E-state index < -0.39 is 0 Å². The third kappa shape index (κ3) is 3.67. The summed E-state index contributed by atoms with van der Waals surface area (Å²) >= 11 is 3.58. The fourth-order valence-corrected chi connectivity index (χ4v) is 4.09. The molecule has 1 fully saturated rings. The Morgan fingerprint density at radius 3 is 3.10 bits per heavy atom. The molecule has 2 aromatic heterocycles. The van der Waals surface area contributed by atoms with E-state index in [0.717, 1.165) is 31.9 Å². The summed E-state index contributed by atoms with van der Waals surface area (Å²) in [6.45, 7) is 4.90. The van der Waals surface area contributed by atoms with Crippen molar-refractivity contribution in [3.63, 3.8) is 0 Å². The molecule has 1 saturated heterocycles. The van der Waals surface area contributed by atoms with Gasteiger partial charge in [0.05, 0.1) is 12.6 Å². The highest BCUT2D eigenvalue weighted by atomic mass is 32.1. The van der Waals surface area contributed by atoms with Gasteiger partial charge in [-0.25, -0.2) is 4.98 Å². The number of aromatic nitrogens is 1. The molecule has 3 rings (SSSR count). The molecule has 1 N–H and O–H groups in total. The number of aryl methyl sites for hydroxylation is 1. The minimum Gasteiger partial charge on any atom is -0.381 e. The van der Waals surface area contributed by atoms with Gasteiger partial charge in [-0.3, -0.25) is 0 Å². The topological polar surface area (TPSA) is 34.1 Å². The Labute approximate surface area is 128 Å². The van der Waals surface area contributed by atoms with Gasteiger partial charge in [0.15, 0.2) is 0 Å². The number of thiazole rings is 1. The molecule has 0 bridgehead atoms. The van der Waals surface area contributed by atoms with Crippen LogP contribution in [0.25, 0.3) is 0 Å². The zero-order valence-corrected chi connectivity index (χ0v) is 13.3. The summed E-state index contributed by atoms with van der Waals surface area (Å²) in [5.41, 5.74) is 1.12. The number of ether oxygens (including phenoxy) is 1. The average molecular weight is 308 g/mol. The lowest BCUT2D eigenvalue weighted by molar-refractivity contribution is 0.184. The van der Waals surface area contributed by atoms with Crippen molar-refractivity contribution in [1.82, 2.24) is 10.3 Å². The van der Waals surface area contributed by atoms with Crippen molar-refractivity contribution in [3.8, 4) is 0 Å². The summed E-state index contributed by atoms with van der Waals surface area (Å²) in [6.07, 6.45) is 2.20. The first-order valence-electron chi connectivity index (χ1n) is 7.07. The van der Waals surface area contributed by atoms with Gasteiger partial charge in [0.25, 0.3) is 0 Å². The molecule has 0 radical (unpaired) electrons. The van der Waals surface area contributed by atoms with Gasteiger partial charge >= 0.3 is 0 Å². The number of thiophene rings is 1. The standard InChI is InChI=1S/C15H20N2OS2/c1-11-10-20-15(17-11)14(7-13-3-2-6-19-13)16-8-12-4-5-18-9-12/h2-3,6,10,12,14,16H,4-5,7-9H2,1H3/t12-,14-/m1/s1. The summed E-state index contributed by atoms with van der Waals surface area (Å²) in [5, 5.41) is 9.19. The molecular formula is C15H20N2OS2. The molecule has 0 spiro atoms. The van der Waals surface area contributed by atoms with Crippen molar-refractivity contribution < 1.29 is 4.74 Å². The summed E-state index contributed by atoms with van der Waals surface area (Å²) in [7, 11) is 0. The Kier molecular flexibility index (Phi) is 4.83. The smallest absolute Gasteiger partial charge is 0.110 e. The maximum atomic E-state index is 5.45. The van der Waals surface area contributed by atoms with Crippen LogP contribution >= 0.6 is 22.7 Å². The molecule has 5 heteroatoms. The van der Waals surface area contributed by atoms with Crippen molar-refractivity contribution >= 4 is 22.7 Å². The normalized spacial score (nSPS) is 20.4. The van der Waals surface area contributed by atoms with Crippen molar-refractivity contribution in [1.29, 1.82) is 0 Å². The van der Waals surface area contributed by atoms with Gasteiger partial charge in [-0.2, -0.15) is 0 Å². The van der Waals surface area contributed by atoms with Gasteiger partial charge in [0.2, 0.25) is 0 Å². The second kappa shape index (κ2) is 6.80. The zero-order valence-electron chi connectivity index (χ0n) is 11.7. The molecule has 0 aromatic carbocycles. The minimum atomic E-state index is 0.327. The van der Waals surface area contributed by atoms with Crippen LogP contribution in [0.3, 0.4) is 0 Å². The fourth-order valence-electron chi connectivity index (χ4n) is 2.46. The SMILES string of the molecule is Cc1csc([C@@H](Cc2cccs2)NC[C@H]2CCOC2)n1. The van der Waals surface area contributed by atoms with Crippen molar-refractivity contribution in [2.75, 3.05) is 19.8 Å². The quantitative estimate of drug-likeness (QED) is 0.888. The van der Waals surface area contributed by atoms with E-state index in [0.29, 0.717) is 12.0 Å². The van der Waals surface area contributed by atoms with Gasteiger partial charge < -0.3 is 10.1 Å². The van der Waals surface area contributed by atoms with E-state index in [1.165, 1.54) is 16.3 Å². The molecule has 1 aliphatic rings. The third-order valence-electron chi connectivity index (χ3n) is 3.60. The molecule has 108 valence electrons. The molecule has 2 atom stereocenters. The molecule has 20 heavy (non-hydrogen) atoms. The van der Waals surface area contributed by atoms with Gasteiger partial charge in [-0.15, -0.1) is 22.7 Å². The Morgan fingerprint density at radius 1 is 1.50 bits per heavy atom. The first kappa shape index (κ1) is 14.2. The Morgan fingerprint density at radius 2 is 2.45 bits per heavy atom. The van der Waals surface area contributed by atoms with Gasteiger partial charge in [-0.1, -0.05) is 6.07 Å². The fraction of sp³-hybridized carbons (Fsp3) is 0.533. The van der Waals surface area contributed by atoms with Crippen LogP contribution in [0.2, 0.25) is 0 Å². The van der Waals surface area contributed by atoms with Gasteiger partial charge in [-0.05, 0) is 30.7 Å². The number of nitrogens with one attached hydrogen (secondary N) is 1. The highest BCUT2D eigenvalue weighted by molar-refractivity contribution is 7.10. The highest BCUT2D eigenvalue weighted by Gasteiger charge is 2.20. The minimum absolute atomic E-state index is 0.327. The number of hydrogen-bond acceptors (Lipinski definition) is 5. The van der Waals surface area contributed by atoms with Crippen LogP contribution in [0.4, 0.5) is 0 Å². The zero-order chi connectivity index (χ0) is 13.8. The van der Waals surface area contributed by atoms with Gasteiger partial charge in [0.1, 0.15) is 5.01 Å². The first-order valence-corrected chi connectivity index (χ1v) is 8.82. The second-order valence-electron chi connectivity index (χ2n) is 5.30. The molecule has 3 heterocycles. The van der Waals surface area contributed by atoms with Gasteiger partial charge in [0, 0.05) is 35.5 Å². The third-order valence-corrected chi connectivity index (χ3v) is 5.57. The molecule has 0 unspecified atom stereocenters. The maximum Gasteiger partial charge on any atom is 0.110 e. The monoisotopic (exact) mass is 308 g/mol. The van der Waals surface area contributed by atoms with Crippen LogP contribution in [0.5, 0.6) is 0 Å². The van der Waals surface area contributed by atoms with E-state index in [2.05, 4.69) is 40.1 Å². The van der Waals surface area contributed by atoms with E-state index in [1.54, 1.807) is 11.3 Å².